The van der Waals surface area contributed by atoms with E-state index < -0.39 is 33.6 Å². The Kier molecular flexibility index (Phi) is 4.62. The Hall–Kier alpha value is -0.980. The van der Waals surface area contributed by atoms with E-state index in [1.54, 1.807) is 0 Å². The maximum absolute atomic E-state index is 12.7. The average molecular weight is 261 g/mol. The van der Waals surface area contributed by atoms with E-state index in [0.717, 1.165) is 0 Å². The standard InChI is InChI=1S/C11H16FNO3S/c1-2-17(15,16)10(7-14)11(13)8-3-5-9(12)6-4-8/h3-6,10-11,14H,2,7,13H2,1H3/t10-,11+/m1/s1. The molecule has 1 aromatic carbocycles. The van der Waals surface area contributed by atoms with Gasteiger partial charge in [-0.3, -0.25) is 0 Å². The zero-order chi connectivity index (χ0) is 13.1. The summed E-state index contributed by atoms with van der Waals surface area (Å²) in [6, 6.07) is 4.41. The van der Waals surface area contributed by atoms with Crippen LogP contribution in [-0.2, 0) is 9.84 Å². The van der Waals surface area contributed by atoms with E-state index in [9.17, 15) is 12.8 Å². The number of aliphatic hydroxyl groups is 1. The highest BCUT2D eigenvalue weighted by Gasteiger charge is 2.30. The van der Waals surface area contributed by atoms with Crippen molar-refractivity contribution in [3.05, 3.63) is 35.6 Å². The summed E-state index contributed by atoms with van der Waals surface area (Å²) in [5.41, 5.74) is 6.29. The van der Waals surface area contributed by atoms with Crippen molar-refractivity contribution in [2.24, 2.45) is 5.73 Å². The number of hydrogen-bond donors (Lipinski definition) is 2. The van der Waals surface area contributed by atoms with Crippen LogP contribution in [-0.4, -0.2) is 31.1 Å². The van der Waals surface area contributed by atoms with E-state index in [1.165, 1.54) is 31.2 Å². The molecule has 0 aliphatic heterocycles. The first-order valence-electron chi connectivity index (χ1n) is 5.25. The van der Waals surface area contributed by atoms with Crippen molar-refractivity contribution in [3.8, 4) is 0 Å². The summed E-state index contributed by atoms with van der Waals surface area (Å²) in [7, 11) is -3.44. The summed E-state index contributed by atoms with van der Waals surface area (Å²) in [6.07, 6.45) is 0. The molecule has 0 spiro atoms. The molecule has 0 bridgehead atoms. The topological polar surface area (TPSA) is 80.4 Å². The van der Waals surface area contributed by atoms with Gasteiger partial charge in [-0.05, 0) is 17.7 Å². The fraction of sp³-hybridized carbons (Fsp3) is 0.455. The van der Waals surface area contributed by atoms with Gasteiger partial charge < -0.3 is 10.8 Å². The Balaban J connectivity index is 3.02. The fourth-order valence-electron chi connectivity index (χ4n) is 1.56. The van der Waals surface area contributed by atoms with E-state index in [0.29, 0.717) is 5.56 Å². The van der Waals surface area contributed by atoms with Gasteiger partial charge in [0.25, 0.3) is 0 Å². The molecule has 0 unspecified atom stereocenters. The summed E-state index contributed by atoms with van der Waals surface area (Å²) in [5.74, 6) is -0.507. The zero-order valence-electron chi connectivity index (χ0n) is 9.51. The smallest absolute Gasteiger partial charge is 0.157 e. The van der Waals surface area contributed by atoms with Gasteiger partial charge >= 0.3 is 0 Å². The molecule has 0 heterocycles. The third-order valence-electron chi connectivity index (χ3n) is 2.70. The van der Waals surface area contributed by atoms with Crippen molar-refractivity contribution < 1.29 is 17.9 Å². The molecule has 17 heavy (non-hydrogen) atoms. The summed E-state index contributed by atoms with van der Waals surface area (Å²) in [4.78, 5) is 0. The molecule has 0 radical (unpaired) electrons. The van der Waals surface area contributed by atoms with Gasteiger partial charge in [-0.15, -0.1) is 0 Å². The second kappa shape index (κ2) is 5.57. The minimum Gasteiger partial charge on any atom is -0.395 e. The molecule has 6 heteroatoms. The lowest BCUT2D eigenvalue weighted by molar-refractivity contribution is 0.277. The van der Waals surface area contributed by atoms with Crippen LogP contribution in [0.15, 0.2) is 24.3 Å². The van der Waals surface area contributed by atoms with Crippen molar-refractivity contribution in [3.63, 3.8) is 0 Å². The molecule has 0 aliphatic carbocycles. The molecule has 96 valence electrons. The molecule has 0 aliphatic rings. The SMILES string of the molecule is CCS(=O)(=O)[C@H](CO)[C@@H](N)c1ccc(F)cc1. The maximum atomic E-state index is 12.7. The van der Waals surface area contributed by atoms with Gasteiger partial charge in [0.15, 0.2) is 9.84 Å². The molecular weight excluding hydrogens is 245 g/mol. The van der Waals surface area contributed by atoms with Gasteiger partial charge in [-0.25, -0.2) is 12.8 Å². The van der Waals surface area contributed by atoms with Crippen LogP contribution in [0.25, 0.3) is 0 Å². The van der Waals surface area contributed by atoms with E-state index in [2.05, 4.69) is 0 Å². The summed E-state index contributed by atoms with van der Waals surface area (Å²) >= 11 is 0. The predicted octanol–water partition coefficient (Wildman–Crippen LogP) is 0.621. The lowest BCUT2D eigenvalue weighted by atomic mass is 10.0. The molecule has 4 nitrogen and oxygen atoms in total. The fourth-order valence-corrected chi connectivity index (χ4v) is 2.82. The first kappa shape index (κ1) is 14.1. The molecule has 2 atom stereocenters. The van der Waals surface area contributed by atoms with E-state index >= 15 is 0 Å². The van der Waals surface area contributed by atoms with Gasteiger partial charge in [0, 0.05) is 11.8 Å². The number of aliphatic hydroxyl groups excluding tert-OH is 1. The number of halogens is 1. The minimum atomic E-state index is -3.44. The number of rotatable bonds is 5. The van der Waals surface area contributed by atoms with Crippen LogP contribution >= 0.6 is 0 Å². The number of sulfone groups is 1. The van der Waals surface area contributed by atoms with Gasteiger partial charge in [-0.2, -0.15) is 0 Å². The number of hydrogen-bond acceptors (Lipinski definition) is 4. The van der Waals surface area contributed by atoms with Crippen LogP contribution < -0.4 is 5.73 Å². The van der Waals surface area contributed by atoms with Crippen molar-refractivity contribution in [1.29, 1.82) is 0 Å². The Morgan fingerprint density at radius 1 is 1.35 bits per heavy atom. The van der Waals surface area contributed by atoms with Crippen LogP contribution in [0.4, 0.5) is 4.39 Å². The molecule has 0 saturated carbocycles. The third-order valence-corrected chi connectivity index (χ3v) is 4.87. The Labute approximate surface area is 100 Å². The Morgan fingerprint density at radius 3 is 2.29 bits per heavy atom. The van der Waals surface area contributed by atoms with Gasteiger partial charge in [0.05, 0.1) is 6.61 Å². The Morgan fingerprint density at radius 2 is 1.88 bits per heavy atom. The third kappa shape index (κ3) is 3.24. The summed E-state index contributed by atoms with van der Waals surface area (Å²) in [5, 5.41) is 8.09. The van der Waals surface area contributed by atoms with E-state index in [4.69, 9.17) is 10.8 Å². The van der Waals surface area contributed by atoms with Gasteiger partial charge in [-0.1, -0.05) is 19.1 Å². The largest absolute Gasteiger partial charge is 0.395 e. The van der Waals surface area contributed by atoms with Crippen LogP contribution in [0.3, 0.4) is 0 Å². The second-order valence-electron chi connectivity index (χ2n) is 3.75. The maximum Gasteiger partial charge on any atom is 0.157 e. The highest BCUT2D eigenvalue weighted by atomic mass is 32.2. The zero-order valence-corrected chi connectivity index (χ0v) is 10.3. The highest BCUT2D eigenvalue weighted by Crippen LogP contribution is 2.20. The monoisotopic (exact) mass is 261 g/mol. The van der Waals surface area contributed by atoms with Gasteiger partial charge in [0.2, 0.25) is 0 Å². The lowest BCUT2D eigenvalue weighted by Gasteiger charge is -2.21. The van der Waals surface area contributed by atoms with Crippen molar-refractivity contribution >= 4 is 9.84 Å². The molecule has 1 aromatic rings. The average Bonchev–Trinajstić information content (AvgIpc) is 2.30. The van der Waals surface area contributed by atoms with Crippen molar-refractivity contribution in [1.82, 2.24) is 0 Å². The van der Waals surface area contributed by atoms with Gasteiger partial charge in [0.1, 0.15) is 11.1 Å². The predicted molar refractivity (Wildman–Crippen MR) is 63.7 cm³/mol. The van der Waals surface area contributed by atoms with Crippen molar-refractivity contribution in [2.45, 2.75) is 18.2 Å². The highest BCUT2D eigenvalue weighted by molar-refractivity contribution is 7.92. The first-order chi connectivity index (χ1) is 7.92. The Bertz CT molecular complexity index is 458. The number of nitrogens with two attached hydrogens (primary N) is 1. The summed E-state index contributed by atoms with van der Waals surface area (Å²) in [6.45, 7) is 0.949. The quantitative estimate of drug-likeness (QED) is 0.814. The molecule has 3 N–H and O–H groups in total. The molecule has 0 fully saturated rings. The molecule has 0 saturated heterocycles. The van der Waals surface area contributed by atoms with Crippen LogP contribution in [0.1, 0.15) is 18.5 Å². The second-order valence-corrected chi connectivity index (χ2v) is 6.26. The number of benzene rings is 1. The minimum absolute atomic E-state index is 0.0902. The first-order valence-corrected chi connectivity index (χ1v) is 6.97. The molecule has 1 rings (SSSR count). The van der Waals surface area contributed by atoms with E-state index in [1.807, 2.05) is 0 Å². The molecule has 0 amide bonds. The van der Waals surface area contributed by atoms with E-state index in [-0.39, 0.29) is 5.75 Å². The van der Waals surface area contributed by atoms with Crippen LogP contribution in [0.2, 0.25) is 0 Å². The lowest BCUT2D eigenvalue weighted by Crippen LogP contribution is -2.37. The van der Waals surface area contributed by atoms with Crippen LogP contribution in [0.5, 0.6) is 0 Å². The molecular formula is C11H16FNO3S. The summed E-state index contributed by atoms with van der Waals surface area (Å²) < 4.78 is 36.1. The molecule has 0 aromatic heterocycles. The van der Waals surface area contributed by atoms with Crippen molar-refractivity contribution in [2.75, 3.05) is 12.4 Å². The van der Waals surface area contributed by atoms with Crippen LogP contribution in [0, 0.1) is 5.82 Å². The normalized spacial score (nSPS) is 15.5.